The molecule has 162 valence electrons. The number of hydrogen-bond acceptors (Lipinski definition) is 4. The van der Waals surface area contributed by atoms with Gasteiger partial charge in [-0.05, 0) is 60.9 Å². The highest BCUT2D eigenvalue weighted by atomic mass is 16.5. The maximum absolute atomic E-state index is 12.8. The minimum absolute atomic E-state index is 0.0639. The lowest BCUT2D eigenvalue weighted by molar-refractivity contribution is -0.122. The molecule has 0 saturated carbocycles. The average Bonchev–Trinajstić information content (AvgIpc) is 3.37. The van der Waals surface area contributed by atoms with Crippen LogP contribution in [0.25, 0.3) is 0 Å². The molecule has 31 heavy (non-hydrogen) atoms. The largest absolute Gasteiger partial charge is 0.497 e. The predicted molar refractivity (Wildman–Crippen MR) is 120 cm³/mol. The quantitative estimate of drug-likeness (QED) is 0.804. The van der Waals surface area contributed by atoms with Crippen LogP contribution in [0.4, 0.5) is 17.1 Å². The zero-order valence-electron chi connectivity index (χ0n) is 18.1. The van der Waals surface area contributed by atoms with Gasteiger partial charge in [0.1, 0.15) is 5.75 Å². The van der Waals surface area contributed by atoms with E-state index in [9.17, 15) is 14.4 Å². The van der Waals surface area contributed by atoms with Crippen molar-refractivity contribution >= 4 is 34.8 Å². The van der Waals surface area contributed by atoms with E-state index in [0.717, 1.165) is 40.4 Å². The number of fused-ring (bicyclic) bond motifs is 1. The second-order valence-electron chi connectivity index (χ2n) is 8.04. The highest BCUT2D eigenvalue weighted by molar-refractivity contribution is 6.04. The van der Waals surface area contributed by atoms with Crippen LogP contribution in [0.5, 0.6) is 5.75 Å². The number of hydrogen-bond donors (Lipinski definition) is 1. The normalized spacial score (nSPS) is 17.6. The molecule has 0 aliphatic carbocycles. The maximum Gasteiger partial charge on any atom is 0.229 e. The Labute approximate surface area is 182 Å². The van der Waals surface area contributed by atoms with Crippen molar-refractivity contribution in [3.8, 4) is 5.75 Å². The van der Waals surface area contributed by atoms with Crippen LogP contribution in [0.1, 0.15) is 30.9 Å². The fraction of sp³-hybridized carbons (Fsp3) is 0.375. The van der Waals surface area contributed by atoms with Gasteiger partial charge in [0.15, 0.2) is 0 Å². The van der Waals surface area contributed by atoms with Crippen molar-refractivity contribution < 1.29 is 19.1 Å². The molecule has 0 spiro atoms. The molecule has 2 aliphatic heterocycles. The summed E-state index contributed by atoms with van der Waals surface area (Å²) in [6.07, 6.45) is 1.42. The molecule has 4 rings (SSSR count). The average molecular weight is 421 g/mol. The van der Waals surface area contributed by atoms with E-state index in [1.54, 1.807) is 23.0 Å². The molecule has 1 N–H and O–H groups in total. The van der Waals surface area contributed by atoms with E-state index >= 15 is 0 Å². The molecule has 0 aromatic heterocycles. The predicted octanol–water partition coefficient (Wildman–Crippen LogP) is 3.29. The second kappa shape index (κ2) is 8.41. The molecule has 2 heterocycles. The number of aryl methyl sites for hydroxylation is 1. The minimum atomic E-state index is -0.416. The number of rotatable bonds is 5. The van der Waals surface area contributed by atoms with Gasteiger partial charge in [0.25, 0.3) is 0 Å². The van der Waals surface area contributed by atoms with Crippen molar-refractivity contribution in [3.63, 3.8) is 0 Å². The van der Waals surface area contributed by atoms with Crippen LogP contribution in [0.2, 0.25) is 0 Å². The van der Waals surface area contributed by atoms with Crippen molar-refractivity contribution in [2.75, 3.05) is 35.3 Å². The Balaban J connectivity index is 1.46. The van der Waals surface area contributed by atoms with Gasteiger partial charge in [0.05, 0.1) is 13.0 Å². The Hall–Kier alpha value is -3.35. The molecular weight excluding hydrogens is 394 g/mol. The molecule has 7 heteroatoms. The van der Waals surface area contributed by atoms with Gasteiger partial charge in [0.2, 0.25) is 17.7 Å². The first-order chi connectivity index (χ1) is 14.9. The molecule has 1 saturated heterocycles. The Kier molecular flexibility index (Phi) is 5.67. The number of carbonyl (C=O) groups is 3. The summed E-state index contributed by atoms with van der Waals surface area (Å²) in [4.78, 5) is 41.1. The first kappa shape index (κ1) is 20.9. The van der Waals surface area contributed by atoms with Gasteiger partial charge in [-0.3, -0.25) is 14.4 Å². The van der Waals surface area contributed by atoms with E-state index in [2.05, 4.69) is 5.32 Å². The summed E-state index contributed by atoms with van der Waals surface area (Å²) in [5.74, 6) is 0.194. The van der Waals surface area contributed by atoms with E-state index < -0.39 is 5.92 Å². The monoisotopic (exact) mass is 421 g/mol. The molecule has 0 radical (unpaired) electrons. The van der Waals surface area contributed by atoms with Crippen LogP contribution in [0, 0.1) is 12.8 Å². The van der Waals surface area contributed by atoms with Crippen LogP contribution in [0.3, 0.4) is 0 Å². The summed E-state index contributed by atoms with van der Waals surface area (Å²) >= 11 is 0. The smallest absolute Gasteiger partial charge is 0.229 e. The third kappa shape index (κ3) is 4.00. The summed E-state index contributed by atoms with van der Waals surface area (Å²) in [6.45, 7) is 4.78. The Morgan fingerprint density at radius 1 is 1.19 bits per heavy atom. The first-order valence-electron chi connectivity index (χ1n) is 10.6. The molecule has 0 unspecified atom stereocenters. The van der Waals surface area contributed by atoms with Gasteiger partial charge in [-0.15, -0.1) is 0 Å². The van der Waals surface area contributed by atoms with Gasteiger partial charge in [0, 0.05) is 43.0 Å². The van der Waals surface area contributed by atoms with E-state index in [1.165, 1.54) is 0 Å². The SMILES string of the molecule is CCC(=O)N1CCc2cc(N3C[C@H](C(=O)Nc4ccc(OC)cc4C)CC3=O)ccc21. The molecule has 2 aliphatic rings. The van der Waals surface area contributed by atoms with E-state index in [4.69, 9.17) is 4.74 Å². The fourth-order valence-electron chi connectivity index (χ4n) is 4.28. The van der Waals surface area contributed by atoms with Crippen LogP contribution >= 0.6 is 0 Å². The van der Waals surface area contributed by atoms with E-state index in [0.29, 0.717) is 19.5 Å². The summed E-state index contributed by atoms with van der Waals surface area (Å²) < 4.78 is 5.20. The number of carbonyl (C=O) groups excluding carboxylic acids is 3. The number of anilines is 3. The number of methoxy groups -OCH3 is 1. The summed E-state index contributed by atoms with van der Waals surface area (Å²) in [7, 11) is 1.60. The Bertz CT molecular complexity index is 1050. The maximum atomic E-state index is 12.8. The third-order valence-electron chi connectivity index (χ3n) is 6.06. The standard InChI is InChI=1S/C24H27N3O4/c1-4-22(28)26-10-9-16-12-18(5-8-21(16)26)27-14-17(13-23(27)29)24(30)25-20-7-6-19(31-3)11-15(20)2/h5-8,11-12,17H,4,9-10,13-14H2,1-3H3,(H,25,30)/t17-/m1/s1. The van der Waals surface area contributed by atoms with Crippen molar-refractivity contribution in [3.05, 3.63) is 47.5 Å². The molecule has 1 fully saturated rings. The Morgan fingerprint density at radius 2 is 2.00 bits per heavy atom. The van der Waals surface area contributed by atoms with Crippen LogP contribution in [-0.4, -0.2) is 37.9 Å². The molecule has 2 aromatic carbocycles. The zero-order chi connectivity index (χ0) is 22.1. The summed E-state index contributed by atoms with van der Waals surface area (Å²) in [6, 6.07) is 11.2. The summed E-state index contributed by atoms with van der Waals surface area (Å²) in [5, 5.41) is 2.94. The highest BCUT2D eigenvalue weighted by Crippen LogP contribution is 2.34. The van der Waals surface area contributed by atoms with E-state index in [1.807, 2.05) is 44.2 Å². The molecular formula is C24H27N3O4. The van der Waals surface area contributed by atoms with Gasteiger partial charge < -0.3 is 19.9 Å². The number of nitrogens with zero attached hydrogens (tertiary/aromatic N) is 2. The molecule has 3 amide bonds. The molecule has 0 bridgehead atoms. The van der Waals surface area contributed by atoms with Crippen molar-refractivity contribution in [2.24, 2.45) is 5.92 Å². The van der Waals surface area contributed by atoms with E-state index in [-0.39, 0.29) is 24.1 Å². The number of ether oxygens (including phenoxy) is 1. The molecule has 7 nitrogen and oxygen atoms in total. The molecule has 1 atom stereocenters. The Morgan fingerprint density at radius 3 is 2.71 bits per heavy atom. The fourth-order valence-corrected chi connectivity index (χ4v) is 4.28. The van der Waals surface area contributed by atoms with Gasteiger partial charge >= 0.3 is 0 Å². The van der Waals surface area contributed by atoms with Gasteiger partial charge in [-0.1, -0.05) is 6.92 Å². The van der Waals surface area contributed by atoms with Crippen LogP contribution in [0.15, 0.2) is 36.4 Å². The molecule has 2 aromatic rings. The first-order valence-corrected chi connectivity index (χ1v) is 10.6. The van der Waals surface area contributed by atoms with Crippen LogP contribution < -0.4 is 19.9 Å². The van der Waals surface area contributed by atoms with Crippen molar-refractivity contribution in [1.29, 1.82) is 0 Å². The van der Waals surface area contributed by atoms with Crippen molar-refractivity contribution in [2.45, 2.75) is 33.1 Å². The lowest BCUT2D eigenvalue weighted by Gasteiger charge is -2.20. The second-order valence-corrected chi connectivity index (χ2v) is 8.04. The van der Waals surface area contributed by atoms with Gasteiger partial charge in [-0.25, -0.2) is 0 Å². The van der Waals surface area contributed by atoms with Crippen LogP contribution in [-0.2, 0) is 20.8 Å². The lowest BCUT2D eigenvalue weighted by Crippen LogP contribution is -2.28. The number of nitrogens with one attached hydrogen (secondary N) is 1. The zero-order valence-corrected chi connectivity index (χ0v) is 18.1. The lowest BCUT2D eigenvalue weighted by atomic mass is 10.1. The topological polar surface area (TPSA) is 79.0 Å². The third-order valence-corrected chi connectivity index (χ3v) is 6.06. The van der Waals surface area contributed by atoms with Gasteiger partial charge in [-0.2, -0.15) is 0 Å². The number of benzene rings is 2. The minimum Gasteiger partial charge on any atom is -0.497 e. The van der Waals surface area contributed by atoms with Crippen molar-refractivity contribution in [1.82, 2.24) is 0 Å². The summed E-state index contributed by atoms with van der Waals surface area (Å²) in [5.41, 5.74) is 4.39. The highest BCUT2D eigenvalue weighted by Gasteiger charge is 2.36. The number of amides is 3.